The van der Waals surface area contributed by atoms with Crippen molar-refractivity contribution in [2.24, 2.45) is 5.92 Å². The van der Waals surface area contributed by atoms with Gasteiger partial charge in [-0.1, -0.05) is 56.3 Å². The fourth-order valence-electron chi connectivity index (χ4n) is 2.97. The number of hydrogen-bond acceptors (Lipinski definition) is 4. The summed E-state index contributed by atoms with van der Waals surface area (Å²) in [4.78, 5) is 37.5. The lowest BCUT2D eigenvalue weighted by molar-refractivity contribution is -0.137. The van der Waals surface area contributed by atoms with Gasteiger partial charge in [-0.15, -0.1) is 0 Å². The number of carbonyl (C=O) groups excluding carboxylic acids is 3. The Morgan fingerprint density at radius 3 is 2.00 bits per heavy atom. The Kier molecular flexibility index (Phi) is 6.92. The molecule has 1 N–H and O–H groups in total. The number of nitrogens with one attached hydrogen (secondary N) is 1. The number of rotatable bonds is 7. The van der Waals surface area contributed by atoms with Gasteiger partial charge in [-0.25, -0.2) is 9.18 Å². The fourth-order valence-corrected chi connectivity index (χ4v) is 2.97. The van der Waals surface area contributed by atoms with Crippen LogP contribution in [0.4, 0.5) is 4.39 Å². The number of ether oxygens (including phenoxy) is 1. The number of benzene rings is 3. The van der Waals surface area contributed by atoms with Gasteiger partial charge in [-0.05, 0) is 42.3 Å². The highest BCUT2D eigenvalue weighted by molar-refractivity contribution is 6.09. The van der Waals surface area contributed by atoms with Crippen molar-refractivity contribution in [3.05, 3.63) is 101 Å². The molecule has 1 amide bonds. The Hall–Kier alpha value is -3.80. The topological polar surface area (TPSA) is 72.5 Å². The van der Waals surface area contributed by atoms with Crippen LogP contribution in [-0.2, 0) is 4.79 Å². The van der Waals surface area contributed by atoms with Crippen molar-refractivity contribution in [2.45, 2.75) is 19.9 Å². The number of ketones is 1. The van der Waals surface area contributed by atoms with Crippen LogP contribution in [0.15, 0.2) is 78.9 Å². The predicted octanol–water partition coefficient (Wildman–Crippen LogP) is 4.42. The minimum absolute atomic E-state index is 0.143. The SMILES string of the molecule is CC(C)[C@H](NC(=O)c1ccccc1F)C(=O)Oc1ccc(C(=O)c2ccccc2)cc1. The molecule has 6 heteroatoms. The maximum Gasteiger partial charge on any atom is 0.334 e. The van der Waals surface area contributed by atoms with Gasteiger partial charge in [-0.3, -0.25) is 9.59 Å². The van der Waals surface area contributed by atoms with Gasteiger partial charge in [0.05, 0.1) is 5.56 Å². The second-order valence-electron chi connectivity index (χ2n) is 7.32. The van der Waals surface area contributed by atoms with Crippen LogP contribution in [0.5, 0.6) is 5.75 Å². The molecule has 0 heterocycles. The second-order valence-corrected chi connectivity index (χ2v) is 7.32. The molecule has 0 saturated heterocycles. The Balaban J connectivity index is 1.69. The summed E-state index contributed by atoms with van der Waals surface area (Å²) in [6.45, 7) is 3.49. The van der Waals surface area contributed by atoms with Gasteiger partial charge in [0.25, 0.3) is 5.91 Å². The molecular weight excluding hydrogens is 397 g/mol. The molecule has 3 rings (SSSR count). The molecule has 0 aliphatic carbocycles. The molecule has 0 fully saturated rings. The fraction of sp³-hybridized carbons (Fsp3) is 0.160. The molecule has 3 aromatic rings. The van der Waals surface area contributed by atoms with Gasteiger partial charge in [0.1, 0.15) is 17.6 Å². The lowest BCUT2D eigenvalue weighted by Gasteiger charge is -2.21. The maximum absolute atomic E-state index is 13.9. The summed E-state index contributed by atoms with van der Waals surface area (Å²) in [7, 11) is 0. The van der Waals surface area contributed by atoms with E-state index in [9.17, 15) is 18.8 Å². The standard InChI is InChI=1S/C25H22FNO4/c1-16(2)22(27-24(29)20-10-6-7-11-21(20)26)25(30)31-19-14-12-18(13-15-19)23(28)17-8-4-3-5-9-17/h3-16,22H,1-2H3,(H,27,29)/t22-/m0/s1. The molecule has 158 valence electrons. The van der Waals surface area contributed by atoms with Gasteiger partial charge in [0.15, 0.2) is 5.78 Å². The average molecular weight is 419 g/mol. The summed E-state index contributed by atoms with van der Waals surface area (Å²) in [6.07, 6.45) is 0. The van der Waals surface area contributed by atoms with Crippen LogP contribution < -0.4 is 10.1 Å². The molecule has 5 nitrogen and oxygen atoms in total. The first kappa shape index (κ1) is 21.9. The maximum atomic E-state index is 13.9. The van der Waals surface area contributed by atoms with Crippen LogP contribution in [0, 0.1) is 11.7 Å². The summed E-state index contributed by atoms with van der Waals surface area (Å²) in [5.41, 5.74) is 0.868. The number of esters is 1. The van der Waals surface area contributed by atoms with Gasteiger partial charge >= 0.3 is 5.97 Å². The van der Waals surface area contributed by atoms with E-state index in [0.717, 1.165) is 0 Å². The smallest absolute Gasteiger partial charge is 0.334 e. The van der Waals surface area contributed by atoms with Crippen molar-refractivity contribution in [1.82, 2.24) is 5.32 Å². The Labute approximate surface area is 179 Å². The first-order valence-electron chi connectivity index (χ1n) is 9.83. The van der Waals surface area contributed by atoms with Crippen molar-refractivity contribution in [2.75, 3.05) is 0 Å². The molecule has 0 aliphatic rings. The van der Waals surface area contributed by atoms with E-state index in [1.165, 1.54) is 30.3 Å². The van der Waals surface area contributed by atoms with Gasteiger partial charge in [-0.2, -0.15) is 0 Å². The molecule has 0 radical (unpaired) electrons. The lowest BCUT2D eigenvalue weighted by Crippen LogP contribution is -2.46. The first-order chi connectivity index (χ1) is 14.9. The summed E-state index contributed by atoms with van der Waals surface area (Å²) < 4.78 is 19.2. The van der Waals surface area contributed by atoms with Gasteiger partial charge in [0, 0.05) is 11.1 Å². The molecule has 0 spiro atoms. The predicted molar refractivity (Wildman–Crippen MR) is 114 cm³/mol. The second kappa shape index (κ2) is 9.80. The highest BCUT2D eigenvalue weighted by atomic mass is 19.1. The zero-order valence-corrected chi connectivity index (χ0v) is 17.2. The van der Waals surface area contributed by atoms with Gasteiger partial charge < -0.3 is 10.1 Å². The number of halogens is 1. The number of carbonyl (C=O) groups is 3. The summed E-state index contributed by atoms with van der Waals surface area (Å²) >= 11 is 0. The third-order valence-electron chi connectivity index (χ3n) is 4.70. The van der Waals surface area contributed by atoms with Crippen molar-refractivity contribution in [1.29, 1.82) is 0 Å². The molecule has 1 atom stereocenters. The minimum Gasteiger partial charge on any atom is -0.425 e. The highest BCUT2D eigenvalue weighted by Gasteiger charge is 2.27. The summed E-state index contributed by atoms with van der Waals surface area (Å²) in [5.74, 6) is -2.24. The van der Waals surface area contributed by atoms with E-state index in [1.54, 1.807) is 56.3 Å². The van der Waals surface area contributed by atoms with Crippen molar-refractivity contribution >= 4 is 17.7 Å². The van der Waals surface area contributed by atoms with E-state index < -0.39 is 23.7 Å². The van der Waals surface area contributed by atoms with E-state index >= 15 is 0 Å². The van der Waals surface area contributed by atoms with Crippen LogP contribution in [0.1, 0.15) is 40.1 Å². The third-order valence-corrected chi connectivity index (χ3v) is 4.70. The summed E-state index contributed by atoms with van der Waals surface area (Å²) in [6, 6.07) is 19.6. The molecule has 0 saturated carbocycles. The number of amides is 1. The third kappa shape index (κ3) is 5.42. The Morgan fingerprint density at radius 1 is 0.806 bits per heavy atom. The van der Waals surface area contributed by atoms with E-state index in [0.29, 0.717) is 11.1 Å². The molecule has 31 heavy (non-hydrogen) atoms. The monoisotopic (exact) mass is 419 g/mol. The first-order valence-corrected chi connectivity index (χ1v) is 9.83. The molecule has 0 bridgehead atoms. The van der Waals surface area contributed by atoms with E-state index in [-0.39, 0.29) is 23.0 Å². The number of hydrogen-bond donors (Lipinski definition) is 1. The molecule has 0 aromatic heterocycles. The van der Waals surface area contributed by atoms with E-state index in [1.807, 2.05) is 6.07 Å². The zero-order valence-electron chi connectivity index (χ0n) is 17.2. The van der Waals surface area contributed by atoms with Crippen LogP contribution in [0.25, 0.3) is 0 Å². The van der Waals surface area contributed by atoms with Crippen LogP contribution >= 0.6 is 0 Å². The summed E-state index contributed by atoms with van der Waals surface area (Å²) in [5, 5.41) is 2.54. The largest absolute Gasteiger partial charge is 0.425 e. The van der Waals surface area contributed by atoms with Crippen molar-refractivity contribution < 1.29 is 23.5 Å². The Morgan fingerprint density at radius 2 is 1.39 bits per heavy atom. The van der Waals surface area contributed by atoms with Gasteiger partial charge in [0.2, 0.25) is 0 Å². The van der Waals surface area contributed by atoms with E-state index in [4.69, 9.17) is 4.74 Å². The van der Waals surface area contributed by atoms with Crippen LogP contribution in [0.2, 0.25) is 0 Å². The normalized spacial score (nSPS) is 11.6. The molecule has 3 aromatic carbocycles. The molecule has 0 unspecified atom stereocenters. The van der Waals surface area contributed by atoms with Crippen LogP contribution in [0.3, 0.4) is 0 Å². The zero-order chi connectivity index (χ0) is 22.4. The van der Waals surface area contributed by atoms with E-state index in [2.05, 4.69) is 5.32 Å². The molecule has 0 aliphatic heterocycles. The van der Waals surface area contributed by atoms with Crippen molar-refractivity contribution in [3.8, 4) is 5.75 Å². The quantitative estimate of drug-likeness (QED) is 0.350. The lowest BCUT2D eigenvalue weighted by atomic mass is 10.0. The molecular formula is C25H22FNO4. The van der Waals surface area contributed by atoms with Crippen molar-refractivity contribution in [3.63, 3.8) is 0 Å². The minimum atomic E-state index is -0.974. The highest BCUT2D eigenvalue weighted by Crippen LogP contribution is 2.17. The Bertz CT molecular complexity index is 1080. The van der Waals surface area contributed by atoms with Crippen LogP contribution in [-0.4, -0.2) is 23.7 Å². The average Bonchev–Trinajstić information content (AvgIpc) is 2.78.